The molecule has 0 saturated carbocycles. The van der Waals surface area contributed by atoms with Gasteiger partial charge in [-0.05, 0) is 18.4 Å². The van der Waals surface area contributed by atoms with Crippen LogP contribution in [0.25, 0.3) is 0 Å². The van der Waals surface area contributed by atoms with Crippen molar-refractivity contribution in [3.05, 3.63) is 35.9 Å². The summed E-state index contributed by atoms with van der Waals surface area (Å²) in [4.78, 5) is 0. The average molecular weight is 227 g/mol. The van der Waals surface area contributed by atoms with Crippen LogP contribution < -0.4 is 0 Å². The van der Waals surface area contributed by atoms with E-state index < -0.39 is 9.73 Å². The van der Waals surface area contributed by atoms with E-state index in [0.717, 1.165) is 12.8 Å². The number of benzene rings is 1. The van der Waals surface area contributed by atoms with E-state index in [-0.39, 0.29) is 12.4 Å². The van der Waals surface area contributed by atoms with Crippen molar-refractivity contribution in [2.75, 3.05) is 18.1 Å². The minimum Gasteiger partial charge on any atom is -0.395 e. The molecule has 1 unspecified atom stereocenters. The Morgan fingerprint density at radius 2 is 1.87 bits per heavy atom. The highest BCUT2D eigenvalue weighted by Gasteiger charge is 2.04. The summed E-state index contributed by atoms with van der Waals surface area (Å²) in [5.74, 6) is 0.476. The molecule has 0 fully saturated rings. The largest absolute Gasteiger partial charge is 0.395 e. The van der Waals surface area contributed by atoms with Crippen molar-refractivity contribution in [1.29, 1.82) is 4.78 Å². The van der Waals surface area contributed by atoms with Crippen molar-refractivity contribution in [2.45, 2.75) is 12.8 Å². The van der Waals surface area contributed by atoms with Gasteiger partial charge in [-0.1, -0.05) is 30.3 Å². The third-order valence-corrected chi connectivity index (χ3v) is 3.99. The first-order valence-electron chi connectivity index (χ1n) is 5.03. The topological polar surface area (TPSA) is 61.2 Å². The fraction of sp³-hybridized carbons (Fsp3) is 0.455. The van der Waals surface area contributed by atoms with Gasteiger partial charge in [-0.3, -0.25) is 4.78 Å². The van der Waals surface area contributed by atoms with Crippen LogP contribution in [0, 0.1) is 4.78 Å². The molecule has 0 spiro atoms. The zero-order valence-electron chi connectivity index (χ0n) is 8.69. The summed E-state index contributed by atoms with van der Waals surface area (Å²) in [6, 6.07) is 9.96. The number of hydrogen-bond acceptors (Lipinski definition) is 3. The highest BCUT2D eigenvalue weighted by atomic mass is 32.2. The van der Waals surface area contributed by atoms with Gasteiger partial charge in [0.15, 0.2) is 0 Å². The van der Waals surface area contributed by atoms with Crippen LogP contribution in [0.2, 0.25) is 0 Å². The van der Waals surface area contributed by atoms with Crippen LogP contribution >= 0.6 is 0 Å². The van der Waals surface area contributed by atoms with Crippen LogP contribution in [0.1, 0.15) is 12.0 Å². The molecule has 0 radical (unpaired) electrons. The van der Waals surface area contributed by atoms with E-state index in [4.69, 9.17) is 9.89 Å². The van der Waals surface area contributed by atoms with E-state index in [1.807, 2.05) is 30.3 Å². The lowest BCUT2D eigenvalue weighted by Gasteiger charge is -2.05. The Labute approximate surface area is 91.1 Å². The summed E-state index contributed by atoms with van der Waals surface area (Å²) in [6.07, 6.45) is 1.59. The van der Waals surface area contributed by atoms with Gasteiger partial charge in [0.05, 0.1) is 12.4 Å². The Morgan fingerprint density at radius 3 is 2.47 bits per heavy atom. The van der Waals surface area contributed by atoms with Gasteiger partial charge in [-0.15, -0.1) is 0 Å². The lowest BCUT2D eigenvalue weighted by atomic mass is 10.1. The summed E-state index contributed by atoms with van der Waals surface area (Å²) >= 11 is 0. The van der Waals surface area contributed by atoms with E-state index >= 15 is 0 Å². The standard InChI is InChI=1S/C11H17NO2S/c12-15(14,10-8-13)9-4-7-11-5-2-1-3-6-11/h1-3,5-6,12-13H,4,7-10H2. The third-order valence-electron chi connectivity index (χ3n) is 2.20. The molecule has 1 aromatic rings. The van der Waals surface area contributed by atoms with Gasteiger partial charge in [-0.2, -0.15) is 0 Å². The molecule has 0 aliphatic carbocycles. The van der Waals surface area contributed by atoms with E-state index in [2.05, 4.69) is 0 Å². The van der Waals surface area contributed by atoms with Gasteiger partial charge in [0.2, 0.25) is 0 Å². The Kier molecular flexibility index (Phi) is 4.78. The second-order valence-corrected chi connectivity index (χ2v) is 5.97. The summed E-state index contributed by atoms with van der Waals surface area (Å²) in [6.45, 7) is -0.159. The molecule has 0 amide bonds. The van der Waals surface area contributed by atoms with Crippen LogP contribution in [-0.4, -0.2) is 27.4 Å². The molecule has 0 aliphatic rings. The predicted octanol–water partition coefficient (Wildman–Crippen LogP) is 1.66. The Morgan fingerprint density at radius 1 is 1.20 bits per heavy atom. The zero-order valence-corrected chi connectivity index (χ0v) is 9.50. The Bertz CT molecular complexity index is 373. The first-order valence-corrected chi connectivity index (χ1v) is 6.92. The third kappa shape index (κ3) is 4.95. The molecular formula is C11H17NO2S. The van der Waals surface area contributed by atoms with Crippen molar-refractivity contribution < 1.29 is 9.32 Å². The number of aryl methyl sites for hydroxylation is 1. The molecule has 1 aromatic carbocycles. The molecule has 1 atom stereocenters. The molecule has 0 heterocycles. The van der Waals surface area contributed by atoms with Crippen LogP contribution in [0.5, 0.6) is 0 Å². The summed E-state index contributed by atoms with van der Waals surface area (Å²) in [5.41, 5.74) is 1.21. The smallest absolute Gasteiger partial charge is 0.0555 e. The minimum absolute atomic E-state index is 0.0990. The van der Waals surface area contributed by atoms with Crippen molar-refractivity contribution in [2.24, 2.45) is 0 Å². The van der Waals surface area contributed by atoms with Crippen LogP contribution in [0.15, 0.2) is 30.3 Å². The SMILES string of the molecule is N=S(=O)(CCO)CCCc1ccccc1. The predicted molar refractivity (Wildman–Crippen MR) is 62.4 cm³/mol. The average Bonchev–Trinajstić information content (AvgIpc) is 2.19. The molecule has 0 bridgehead atoms. The van der Waals surface area contributed by atoms with Gasteiger partial charge in [0, 0.05) is 15.5 Å². The quantitative estimate of drug-likeness (QED) is 0.776. The molecule has 84 valence electrons. The molecule has 0 saturated heterocycles. The molecule has 3 nitrogen and oxygen atoms in total. The van der Waals surface area contributed by atoms with Crippen LogP contribution in [-0.2, 0) is 16.1 Å². The highest BCUT2D eigenvalue weighted by molar-refractivity contribution is 7.92. The van der Waals surface area contributed by atoms with Crippen molar-refractivity contribution in [1.82, 2.24) is 0 Å². The number of rotatable bonds is 6. The molecule has 1 rings (SSSR count). The lowest BCUT2D eigenvalue weighted by Crippen LogP contribution is -2.12. The fourth-order valence-electron chi connectivity index (χ4n) is 1.40. The molecule has 0 aromatic heterocycles. The fourth-order valence-corrected chi connectivity index (χ4v) is 2.51. The van der Waals surface area contributed by atoms with Gasteiger partial charge < -0.3 is 5.11 Å². The second-order valence-electron chi connectivity index (χ2n) is 3.53. The number of hydrogen-bond donors (Lipinski definition) is 2. The molecule has 0 aliphatic heterocycles. The lowest BCUT2D eigenvalue weighted by molar-refractivity contribution is 0.321. The van der Waals surface area contributed by atoms with E-state index in [1.54, 1.807) is 0 Å². The monoisotopic (exact) mass is 227 g/mol. The number of aliphatic hydroxyl groups is 1. The second kappa shape index (κ2) is 5.88. The molecule has 15 heavy (non-hydrogen) atoms. The maximum Gasteiger partial charge on any atom is 0.0555 e. The van der Waals surface area contributed by atoms with E-state index in [0.29, 0.717) is 5.75 Å². The highest BCUT2D eigenvalue weighted by Crippen LogP contribution is 2.04. The molecule has 4 heteroatoms. The number of aliphatic hydroxyl groups excluding tert-OH is 1. The van der Waals surface area contributed by atoms with Crippen molar-refractivity contribution in [3.63, 3.8) is 0 Å². The first kappa shape index (κ1) is 12.2. The summed E-state index contributed by atoms with van der Waals surface area (Å²) < 4.78 is 18.9. The van der Waals surface area contributed by atoms with Crippen molar-refractivity contribution >= 4 is 9.73 Å². The van der Waals surface area contributed by atoms with E-state index in [1.165, 1.54) is 5.56 Å². The van der Waals surface area contributed by atoms with Crippen LogP contribution in [0.4, 0.5) is 0 Å². The molecular weight excluding hydrogens is 210 g/mol. The Hall–Kier alpha value is -0.870. The summed E-state index contributed by atoms with van der Waals surface area (Å²) in [5, 5.41) is 8.62. The normalized spacial score (nSPS) is 14.7. The van der Waals surface area contributed by atoms with Gasteiger partial charge >= 0.3 is 0 Å². The van der Waals surface area contributed by atoms with Crippen molar-refractivity contribution in [3.8, 4) is 0 Å². The van der Waals surface area contributed by atoms with Gasteiger partial charge in [-0.25, -0.2) is 4.21 Å². The number of nitrogens with one attached hydrogen (secondary N) is 1. The maximum absolute atomic E-state index is 11.5. The minimum atomic E-state index is -2.55. The van der Waals surface area contributed by atoms with Gasteiger partial charge in [0.25, 0.3) is 0 Å². The molecule has 2 N–H and O–H groups in total. The summed E-state index contributed by atoms with van der Waals surface area (Å²) in [7, 11) is -2.55. The van der Waals surface area contributed by atoms with Crippen LogP contribution in [0.3, 0.4) is 0 Å². The van der Waals surface area contributed by atoms with E-state index in [9.17, 15) is 4.21 Å². The first-order chi connectivity index (χ1) is 7.14. The Balaban J connectivity index is 2.34. The zero-order chi connectivity index (χ0) is 11.1. The van der Waals surface area contributed by atoms with Gasteiger partial charge in [0.1, 0.15) is 0 Å². The maximum atomic E-state index is 11.5.